The van der Waals surface area contributed by atoms with E-state index in [2.05, 4.69) is 30.6 Å². The van der Waals surface area contributed by atoms with Gasteiger partial charge in [0.1, 0.15) is 5.82 Å². The Morgan fingerprint density at radius 3 is 2.76 bits per heavy atom. The highest BCUT2D eigenvalue weighted by Crippen LogP contribution is 2.19. The van der Waals surface area contributed by atoms with Gasteiger partial charge in [0, 0.05) is 17.6 Å². The summed E-state index contributed by atoms with van der Waals surface area (Å²) in [6.45, 7) is 5.42. The van der Waals surface area contributed by atoms with Crippen molar-refractivity contribution in [3.05, 3.63) is 22.3 Å². The van der Waals surface area contributed by atoms with Crippen molar-refractivity contribution in [1.82, 2.24) is 4.98 Å². The third-order valence-corrected chi connectivity index (χ3v) is 3.36. The average molecular weight is 301 g/mol. The van der Waals surface area contributed by atoms with Crippen LogP contribution in [0.15, 0.2) is 16.6 Å². The maximum Gasteiger partial charge on any atom is 0.307 e. The minimum atomic E-state index is -0.197. The van der Waals surface area contributed by atoms with Crippen LogP contribution in [0.3, 0.4) is 0 Å². The minimum absolute atomic E-state index is 0.197. The van der Waals surface area contributed by atoms with Gasteiger partial charge >= 0.3 is 5.97 Å². The van der Waals surface area contributed by atoms with Gasteiger partial charge in [0.2, 0.25) is 0 Å². The Morgan fingerprint density at radius 1 is 1.53 bits per heavy atom. The van der Waals surface area contributed by atoms with Crippen molar-refractivity contribution in [2.24, 2.45) is 0 Å². The molecule has 0 saturated carbocycles. The molecule has 0 aliphatic carbocycles. The second-order valence-electron chi connectivity index (χ2n) is 3.64. The molecule has 17 heavy (non-hydrogen) atoms. The van der Waals surface area contributed by atoms with E-state index in [4.69, 9.17) is 0 Å². The molecule has 1 heterocycles. The minimum Gasteiger partial charge on any atom is -0.469 e. The third kappa shape index (κ3) is 4.00. The number of hydrogen-bond acceptors (Lipinski definition) is 4. The molecule has 0 atom stereocenters. The first kappa shape index (κ1) is 14.0. The molecule has 0 amide bonds. The number of nitrogens with zero attached hydrogens (tertiary/aromatic N) is 2. The summed E-state index contributed by atoms with van der Waals surface area (Å²) < 4.78 is 5.62. The van der Waals surface area contributed by atoms with Crippen LogP contribution in [0.5, 0.6) is 0 Å². The number of pyridine rings is 1. The van der Waals surface area contributed by atoms with Crippen molar-refractivity contribution >= 4 is 27.7 Å². The quantitative estimate of drug-likeness (QED) is 0.784. The van der Waals surface area contributed by atoms with Crippen molar-refractivity contribution in [3.63, 3.8) is 0 Å². The number of methoxy groups -OCH3 is 1. The number of esters is 1. The molecule has 0 unspecified atom stereocenters. The van der Waals surface area contributed by atoms with Crippen LogP contribution in [0, 0.1) is 6.92 Å². The molecule has 4 nitrogen and oxygen atoms in total. The fourth-order valence-corrected chi connectivity index (χ4v) is 1.69. The zero-order chi connectivity index (χ0) is 12.8. The topological polar surface area (TPSA) is 42.4 Å². The first-order valence-corrected chi connectivity index (χ1v) is 6.32. The fourth-order valence-electron chi connectivity index (χ4n) is 1.47. The van der Waals surface area contributed by atoms with Gasteiger partial charge in [-0.1, -0.05) is 0 Å². The average Bonchev–Trinajstić information content (AvgIpc) is 2.33. The highest BCUT2D eigenvalue weighted by Gasteiger charge is 2.09. The monoisotopic (exact) mass is 300 g/mol. The van der Waals surface area contributed by atoms with E-state index in [0.717, 1.165) is 22.5 Å². The lowest BCUT2D eigenvalue weighted by Crippen LogP contribution is -2.27. The lowest BCUT2D eigenvalue weighted by Gasteiger charge is -2.21. The molecule has 1 aromatic rings. The number of carbonyl (C=O) groups is 1. The molecular formula is C12H17BrN2O2. The molecule has 0 aliphatic heterocycles. The SMILES string of the molecule is CCN(CCC(=O)OC)c1ccc(Br)c(C)n1. The Bertz CT molecular complexity index is 396. The first-order valence-electron chi connectivity index (χ1n) is 5.53. The molecule has 0 fully saturated rings. The summed E-state index contributed by atoms with van der Waals surface area (Å²) in [5.41, 5.74) is 0.944. The van der Waals surface area contributed by atoms with E-state index in [1.165, 1.54) is 7.11 Å². The number of aryl methyl sites for hydroxylation is 1. The third-order valence-electron chi connectivity index (χ3n) is 2.53. The molecule has 0 spiro atoms. The maximum absolute atomic E-state index is 11.1. The Balaban J connectivity index is 2.72. The van der Waals surface area contributed by atoms with Gasteiger partial charge < -0.3 is 9.64 Å². The zero-order valence-electron chi connectivity index (χ0n) is 10.4. The van der Waals surface area contributed by atoms with Crippen molar-refractivity contribution < 1.29 is 9.53 Å². The highest BCUT2D eigenvalue weighted by molar-refractivity contribution is 9.10. The second-order valence-corrected chi connectivity index (χ2v) is 4.50. The van der Waals surface area contributed by atoms with Crippen molar-refractivity contribution in [3.8, 4) is 0 Å². The molecular weight excluding hydrogens is 284 g/mol. The predicted molar refractivity (Wildman–Crippen MR) is 71.2 cm³/mol. The summed E-state index contributed by atoms with van der Waals surface area (Å²) in [6, 6.07) is 3.91. The van der Waals surface area contributed by atoms with Crippen LogP contribution in [0.4, 0.5) is 5.82 Å². The van der Waals surface area contributed by atoms with Crippen LogP contribution >= 0.6 is 15.9 Å². The molecule has 0 radical (unpaired) electrons. The van der Waals surface area contributed by atoms with Crippen LogP contribution in [-0.4, -0.2) is 31.2 Å². The van der Waals surface area contributed by atoms with Crippen LogP contribution in [0.2, 0.25) is 0 Å². The van der Waals surface area contributed by atoms with E-state index >= 15 is 0 Å². The van der Waals surface area contributed by atoms with Gasteiger partial charge in [-0.2, -0.15) is 0 Å². The summed E-state index contributed by atoms with van der Waals surface area (Å²) >= 11 is 3.42. The van der Waals surface area contributed by atoms with Crippen molar-refractivity contribution in [2.45, 2.75) is 20.3 Å². The van der Waals surface area contributed by atoms with E-state index in [1.807, 2.05) is 26.0 Å². The number of hydrogen-bond donors (Lipinski definition) is 0. The van der Waals surface area contributed by atoms with Gasteiger partial charge in [-0.25, -0.2) is 4.98 Å². The number of aromatic nitrogens is 1. The summed E-state index contributed by atoms with van der Waals surface area (Å²) in [7, 11) is 1.40. The lowest BCUT2D eigenvalue weighted by molar-refractivity contribution is -0.140. The van der Waals surface area contributed by atoms with Crippen molar-refractivity contribution in [1.29, 1.82) is 0 Å². The van der Waals surface area contributed by atoms with E-state index in [9.17, 15) is 4.79 Å². The number of ether oxygens (including phenoxy) is 1. The van der Waals surface area contributed by atoms with E-state index in [0.29, 0.717) is 13.0 Å². The second kappa shape index (κ2) is 6.59. The van der Waals surface area contributed by atoms with E-state index in [1.54, 1.807) is 0 Å². The van der Waals surface area contributed by atoms with Gasteiger partial charge in [-0.05, 0) is 41.9 Å². The zero-order valence-corrected chi connectivity index (χ0v) is 12.0. The van der Waals surface area contributed by atoms with Gasteiger partial charge in [0.05, 0.1) is 19.2 Å². The van der Waals surface area contributed by atoms with Gasteiger partial charge in [-0.15, -0.1) is 0 Å². The van der Waals surface area contributed by atoms with Gasteiger partial charge in [-0.3, -0.25) is 4.79 Å². The van der Waals surface area contributed by atoms with Gasteiger partial charge in [0.25, 0.3) is 0 Å². The predicted octanol–water partition coefficient (Wildman–Crippen LogP) is 2.54. The molecule has 5 heteroatoms. The molecule has 0 bridgehead atoms. The maximum atomic E-state index is 11.1. The van der Waals surface area contributed by atoms with Gasteiger partial charge in [0.15, 0.2) is 0 Å². The molecule has 0 aliphatic rings. The van der Waals surface area contributed by atoms with Crippen molar-refractivity contribution in [2.75, 3.05) is 25.1 Å². The molecule has 1 rings (SSSR count). The van der Waals surface area contributed by atoms with Crippen LogP contribution < -0.4 is 4.90 Å². The standard InChI is InChI=1S/C12H17BrN2O2/c1-4-15(8-7-12(16)17-3)11-6-5-10(13)9(2)14-11/h5-6H,4,7-8H2,1-3H3. The summed E-state index contributed by atoms with van der Waals surface area (Å²) in [4.78, 5) is 17.6. The smallest absolute Gasteiger partial charge is 0.307 e. The van der Waals surface area contributed by atoms with E-state index in [-0.39, 0.29) is 5.97 Å². The molecule has 0 aromatic carbocycles. The molecule has 94 valence electrons. The highest BCUT2D eigenvalue weighted by atomic mass is 79.9. The van der Waals surface area contributed by atoms with Crippen LogP contribution in [0.25, 0.3) is 0 Å². The lowest BCUT2D eigenvalue weighted by atomic mass is 10.3. The van der Waals surface area contributed by atoms with E-state index < -0.39 is 0 Å². The van der Waals surface area contributed by atoms with Crippen LogP contribution in [-0.2, 0) is 9.53 Å². The Hall–Kier alpha value is -1.10. The number of halogens is 1. The summed E-state index contributed by atoms with van der Waals surface area (Å²) in [5.74, 6) is 0.689. The number of rotatable bonds is 5. The number of carbonyl (C=O) groups excluding carboxylic acids is 1. The molecule has 0 N–H and O–H groups in total. The fraction of sp³-hybridized carbons (Fsp3) is 0.500. The molecule has 1 aromatic heterocycles. The number of anilines is 1. The summed E-state index contributed by atoms with van der Waals surface area (Å²) in [6.07, 6.45) is 0.376. The molecule has 0 saturated heterocycles. The Labute approximate surface area is 110 Å². The largest absolute Gasteiger partial charge is 0.469 e. The Morgan fingerprint density at radius 2 is 2.24 bits per heavy atom. The van der Waals surface area contributed by atoms with Crippen LogP contribution in [0.1, 0.15) is 19.0 Å². The Kier molecular flexibility index (Phi) is 5.41. The first-order chi connectivity index (χ1) is 8.08. The summed E-state index contributed by atoms with van der Waals surface area (Å²) in [5, 5.41) is 0. The normalized spacial score (nSPS) is 10.1.